The molecule has 0 unspecified atom stereocenters. The highest BCUT2D eigenvalue weighted by Crippen LogP contribution is 2.05. The van der Waals surface area contributed by atoms with E-state index in [0.717, 1.165) is 0 Å². The number of carbonyl (C=O) groups is 2. The van der Waals surface area contributed by atoms with Crippen molar-refractivity contribution in [1.82, 2.24) is 0 Å². The van der Waals surface area contributed by atoms with Crippen LogP contribution in [0, 0.1) is 13.8 Å². The molecular formula is C16H16O3. The zero-order chi connectivity index (χ0) is 14.3. The molecule has 0 aliphatic rings. The van der Waals surface area contributed by atoms with Crippen molar-refractivity contribution in [3.63, 3.8) is 0 Å². The summed E-state index contributed by atoms with van der Waals surface area (Å²) in [5.41, 5.74) is 2.99. The Kier molecular flexibility index (Phi) is 5.48. The number of aryl methyl sites for hydroxylation is 2. The predicted octanol–water partition coefficient (Wildman–Crippen LogP) is 3.50. The molecule has 2 aromatic rings. The van der Waals surface area contributed by atoms with E-state index in [4.69, 9.17) is 5.11 Å². The smallest absolute Gasteiger partial charge is 0.336 e. The number of carboxylic acids is 1. The predicted molar refractivity (Wildman–Crippen MR) is 74.7 cm³/mol. The summed E-state index contributed by atoms with van der Waals surface area (Å²) in [6.07, 6.45) is 0.531. The second-order valence-corrected chi connectivity index (χ2v) is 4.09. The number of rotatable bonds is 2. The average Bonchev–Trinajstić information content (AvgIpc) is 2.42. The van der Waals surface area contributed by atoms with E-state index in [1.54, 1.807) is 12.1 Å². The van der Waals surface area contributed by atoms with Gasteiger partial charge in [0, 0.05) is 5.56 Å². The summed E-state index contributed by atoms with van der Waals surface area (Å²) in [4.78, 5) is 20.7. The van der Waals surface area contributed by atoms with E-state index in [-0.39, 0.29) is 11.1 Å². The molecule has 0 aliphatic heterocycles. The monoisotopic (exact) mass is 256 g/mol. The van der Waals surface area contributed by atoms with Crippen LogP contribution in [0.1, 0.15) is 31.8 Å². The molecule has 0 amide bonds. The van der Waals surface area contributed by atoms with Gasteiger partial charge in [0.15, 0.2) is 6.29 Å². The average molecular weight is 256 g/mol. The fraction of sp³-hybridized carbons (Fsp3) is 0.125. The van der Waals surface area contributed by atoms with Crippen LogP contribution in [0.15, 0.2) is 48.5 Å². The standard InChI is InChI=1S/C8H6O3.C8H10/c9-5-6-3-1-2-4-7(6)8(10)11;1-7-5-3-4-6-8(7)2/h1-5H,(H,10,11);3-6H,1-2H3. The third kappa shape index (κ3) is 4.39. The third-order valence-corrected chi connectivity index (χ3v) is 2.74. The van der Waals surface area contributed by atoms with Gasteiger partial charge in [-0.2, -0.15) is 0 Å². The zero-order valence-corrected chi connectivity index (χ0v) is 11.0. The Balaban J connectivity index is 0.000000200. The molecule has 0 fully saturated rings. The lowest BCUT2D eigenvalue weighted by molar-refractivity contribution is 0.0694. The Hall–Kier alpha value is -2.42. The van der Waals surface area contributed by atoms with Crippen molar-refractivity contribution in [2.45, 2.75) is 13.8 Å². The maximum absolute atomic E-state index is 10.4. The molecule has 0 radical (unpaired) electrons. The molecule has 0 bridgehead atoms. The Bertz CT molecular complexity index is 553. The molecular weight excluding hydrogens is 240 g/mol. The minimum atomic E-state index is -1.08. The van der Waals surface area contributed by atoms with Crippen LogP contribution < -0.4 is 0 Å². The van der Waals surface area contributed by atoms with Crippen LogP contribution in [-0.2, 0) is 0 Å². The van der Waals surface area contributed by atoms with Crippen LogP contribution in [0.25, 0.3) is 0 Å². The number of carbonyl (C=O) groups excluding carboxylic acids is 1. The topological polar surface area (TPSA) is 54.4 Å². The zero-order valence-electron chi connectivity index (χ0n) is 11.0. The number of aldehydes is 1. The van der Waals surface area contributed by atoms with Gasteiger partial charge in [-0.15, -0.1) is 0 Å². The highest BCUT2D eigenvalue weighted by atomic mass is 16.4. The summed E-state index contributed by atoms with van der Waals surface area (Å²) in [7, 11) is 0. The third-order valence-electron chi connectivity index (χ3n) is 2.74. The van der Waals surface area contributed by atoms with Gasteiger partial charge >= 0.3 is 5.97 Å². The van der Waals surface area contributed by atoms with Crippen LogP contribution in [-0.4, -0.2) is 17.4 Å². The molecule has 1 N–H and O–H groups in total. The summed E-state index contributed by atoms with van der Waals surface area (Å²) in [5.74, 6) is -1.08. The van der Waals surface area contributed by atoms with Crippen LogP contribution in [0.2, 0.25) is 0 Å². The lowest BCUT2D eigenvalue weighted by Gasteiger charge is -1.95. The first-order chi connectivity index (χ1) is 9.06. The van der Waals surface area contributed by atoms with Gasteiger partial charge in [0.2, 0.25) is 0 Å². The van der Waals surface area contributed by atoms with Crippen molar-refractivity contribution >= 4 is 12.3 Å². The molecule has 0 aliphatic carbocycles. The fourth-order valence-corrected chi connectivity index (χ4v) is 1.46. The van der Waals surface area contributed by atoms with Crippen LogP contribution in [0.4, 0.5) is 0 Å². The van der Waals surface area contributed by atoms with Gasteiger partial charge in [-0.1, -0.05) is 42.5 Å². The van der Waals surface area contributed by atoms with Crippen molar-refractivity contribution in [1.29, 1.82) is 0 Å². The fourth-order valence-electron chi connectivity index (χ4n) is 1.46. The summed E-state index contributed by atoms with van der Waals surface area (Å²) < 4.78 is 0. The molecule has 0 atom stereocenters. The Labute approximate surface area is 112 Å². The molecule has 0 spiro atoms. The summed E-state index contributed by atoms with van der Waals surface area (Å²) >= 11 is 0. The lowest BCUT2D eigenvalue weighted by Crippen LogP contribution is -2.00. The highest BCUT2D eigenvalue weighted by Gasteiger charge is 2.06. The summed E-state index contributed by atoms with van der Waals surface area (Å²) in [5, 5.41) is 8.54. The molecule has 2 aromatic carbocycles. The van der Waals surface area contributed by atoms with Gasteiger partial charge in [0.05, 0.1) is 5.56 Å². The molecule has 0 heterocycles. The molecule has 0 aromatic heterocycles. The van der Waals surface area contributed by atoms with E-state index in [2.05, 4.69) is 38.1 Å². The van der Waals surface area contributed by atoms with Crippen molar-refractivity contribution in [2.75, 3.05) is 0 Å². The quantitative estimate of drug-likeness (QED) is 0.837. The maximum atomic E-state index is 10.4. The maximum Gasteiger partial charge on any atom is 0.336 e. The Morgan fingerprint density at radius 2 is 1.42 bits per heavy atom. The normalized spacial score (nSPS) is 9.16. The summed E-state index contributed by atoms with van der Waals surface area (Å²) in [6, 6.07) is 14.4. The molecule has 3 heteroatoms. The van der Waals surface area contributed by atoms with Gasteiger partial charge in [0.1, 0.15) is 0 Å². The van der Waals surface area contributed by atoms with Gasteiger partial charge in [-0.25, -0.2) is 4.79 Å². The second-order valence-electron chi connectivity index (χ2n) is 4.09. The number of benzene rings is 2. The molecule has 2 rings (SSSR count). The SMILES string of the molecule is Cc1ccccc1C.O=Cc1ccccc1C(=O)O. The second kappa shape index (κ2) is 7.11. The first kappa shape index (κ1) is 14.6. The largest absolute Gasteiger partial charge is 0.478 e. The van der Waals surface area contributed by atoms with E-state index in [1.807, 2.05) is 0 Å². The van der Waals surface area contributed by atoms with Crippen LogP contribution >= 0.6 is 0 Å². The van der Waals surface area contributed by atoms with E-state index in [9.17, 15) is 9.59 Å². The number of aromatic carboxylic acids is 1. The lowest BCUT2D eigenvalue weighted by atomic mass is 10.1. The van der Waals surface area contributed by atoms with Gasteiger partial charge in [-0.05, 0) is 31.0 Å². The van der Waals surface area contributed by atoms with E-state index in [0.29, 0.717) is 6.29 Å². The molecule has 0 saturated carbocycles. The minimum absolute atomic E-state index is 0.0440. The van der Waals surface area contributed by atoms with Crippen molar-refractivity contribution < 1.29 is 14.7 Å². The first-order valence-electron chi connectivity index (χ1n) is 5.86. The molecule has 19 heavy (non-hydrogen) atoms. The van der Waals surface area contributed by atoms with Crippen LogP contribution in [0.5, 0.6) is 0 Å². The van der Waals surface area contributed by atoms with E-state index < -0.39 is 5.97 Å². The van der Waals surface area contributed by atoms with Gasteiger partial charge in [-0.3, -0.25) is 4.79 Å². The Morgan fingerprint density at radius 1 is 0.947 bits per heavy atom. The molecule has 0 saturated heterocycles. The Morgan fingerprint density at radius 3 is 1.79 bits per heavy atom. The number of carboxylic acid groups (broad SMARTS) is 1. The van der Waals surface area contributed by atoms with Crippen LogP contribution in [0.3, 0.4) is 0 Å². The number of hydrogen-bond acceptors (Lipinski definition) is 2. The van der Waals surface area contributed by atoms with Crippen molar-refractivity contribution in [2.24, 2.45) is 0 Å². The first-order valence-corrected chi connectivity index (χ1v) is 5.86. The van der Waals surface area contributed by atoms with E-state index >= 15 is 0 Å². The van der Waals surface area contributed by atoms with Gasteiger partial charge < -0.3 is 5.11 Å². The van der Waals surface area contributed by atoms with Gasteiger partial charge in [0.25, 0.3) is 0 Å². The molecule has 98 valence electrons. The van der Waals surface area contributed by atoms with Crippen molar-refractivity contribution in [3.8, 4) is 0 Å². The number of hydrogen-bond donors (Lipinski definition) is 1. The highest BCUT2D eigenvalue weighted by molar-refractivity contribution is 5.96. The summed E-state index contributed by atoms with van der Waals surface area (Å²) in [6.45, 7) is 4.24. The molecule has 3 nitrogen and oxygen atoms in total. The minimum Gasteiger partial charge on any atom is -0.478 e. The van der Waals surface area contributed by atoms with Crippen molar-refractivity contribution in [3.05, 3.63) is 70.8 Å². The van der Waals surface area contributed by atoms with E-state index in [1.165, 1.54) is 23.3 Å².